The van der Waals surface area contributed by atoms with E-state index in [-0.39, 0.29) is 42.3 Å². The Hall–Kier alpha value is -1.71. The van der Waals surface area contributed by atoms with Gasteiger partial charge in [-0.05, 0) is 37.4 Å². The van der Waals surface area contributed by atoms with Crippen LogP contribution in [0, 0.1) is 5.92 Å². The molecule has 166 valence electrons. The van der Waals surface area contributed by atoms with Crippen LogP contribution < -0.4 is 16.6 Å². The number of aromatic amines is 1. The third kappa shape index (κ3) is 5.50. The van der Waals surface area contributed by atoms with Crippen molar-refractivity contribution in [1.82, 2.24) is 20.2 Å². The number of morpholine rings is 1. The van der Waals surface area contributed by atoms with Crippen molar-refractivity contribution in [1.29, 1.82) is 0 Å². The molecule has 0 radical (unpaired) electrons. The van der Waals surface area contributed by atoms with Crippen LogP contribution in [-0.4, -0.2) is 59.2 Å². The average molecular weight is 458 g/mol. The first-order valence-electron chi connectivity index (χ1n) is 9.96. The van der Waals surface area contributed by atoms with E-state index < -0.39 is 6.10 Å². The van der Waals surface area contributed by atoms with Crippen molar-refractivity contribution in [2.45, 2.75) is 38.0 Å². The monoisotopic (exact) mass is 457 g/mol. The highest BCUT2D eigenvalue weighted by atomic mass is 35.5. The number of ether oxygens (including phenoxy) is 1. The van der Waals surface area contributed by atoms with Gasteiger partial charge in [-0.1, -0.05) is 18.6 Å². The fraction of sp³-hybridized carbons (Fsp3) is 0.550. The Morgan fingerprint density at radius 1 is 1.30 bits per heavy atom. The van der Waals surface area contributed by atoms with Crippen molar-refractivity contribution in [3.05, 3.63) is 40.4 Å². The molecule has 1 amide bonds. The second kappa shape index (κ2) is 11.1. The van der Waals surface area contributed by atoms with Gasteiger partial charge in [0.1, 0.15) is 11.9 Å². The molecule has 0 spiro atoms. The van der Waals surface area contributed by atoms with E-state index in [2.05, 4.69) is 20.2 Å². The zero-order valence-corrected chi connectivity index (χ0v) is 18.3. The Labute approximate surface area is 187 Å². The molecule has 3 atom stereocenters. The average Bonchev–Trinajstić information content (AvgIpc) is 3.15. The Kier molecular flexibility index (Phi) is 9.06. The van der Waals surface area contributed by atoms with E-state index >= 15 is 0 Å². The molecule has 0 bridgehead atoms. The van der Waals surface area contributed by atoms with Crippen LogP contribution >= 0.6 is 24.8 Å². The molecule has 1 saturated carbocycles. The molecule has 3 unspecified atom stereocenters. The first-order chi connectivity index (χ1) is 13.6. The maximum absolute atomic E-state index is 12.7. The minimum absolute atomic E-state index is 0. The zero-order chi connectivity index (χ0) is 19.5. The van der Waals surface area contributed by atoms with Crippen molar-refractivity contribution >= 4 is 41.6 Å². The maximum Gasteiger partial charge on any atom is 0.258 e. The Bertz CT molecular complexity index is 909. The fourth-order valence-electron chi connectivity index (χ4n) is 4.21. The number of hydrogen-bond donors (Lipinski definition) is 3. The topological polar surface area (TPSA) is 113 Å². The summed E-state index contributed by atoms with van der Waals surface area (Å²) >= 11 is 0. The van der Waals surface area contributed by atoms with Crippen molar-refractivity contribution in [3.8, 4) is 0 Å². The summed E-state index contributed by atoms with van der Waals surface area (Å²) in [6.45, 7) is 2.71. The van der Waals surface area contributed by atoms with E-state index in [0.29, 0.717) is 55.4 Å². The number of H-pyrrole nitrogens is 1. The smallest absolute Gasteiger partial charge is 0.258 e. The molecular weight excluding hydrogens is 429 g/mol. The molecule has 10 heteroatoms. The van der Waals surface area contributed by atoms with E-state index in [4.69, 9.17) is 10.5 Å². The van der Waals surface area contributed by atoms with Crippen molar-refractivity contribution < 1.29 is 9.53 Å². The summed E-state index contributed by atoms with van der Waals surface area (Å²) in [6, 6.07) is 7.43. The third-order valence-electron chi connectivity index (χ3n) is 5.77. The summed E-state index contributed by atoms with van der Waals surface area (Å²) in [5.74, 6) is 0.884. The number of carbonyl (C=O) groups excluding carboxylic acids is 1. The van der Waals surface area contributed by atoms with Crippen molar-refractivity contribution in [2.75, 3.05) is 26.2 Å². The SMILES string of the molecule is Cl.Cl.NCC1CCCC1NC(=O)C1CN(Cc2nc3ccccc3c(=O)[nH]2)CCO1. The number of halogens is 2. The second-order valence-corrected chi connectivity index (χ2v) is 7.67. The van der Waals surface area contributed by atoms with Gasteiger partial charge in [0.25, 0.3) is 11.5 Å². The lowest BCUT2D eigenvalue weighted by molar-refractivity contribution is -0.139. The van der Waals surface area contributed by atoms with Crippen LogP contribution in [-0.2, 0) is 16.1 Å². The summed E-state index contributed by atoms with van der Waals surface area (Å²) in [5, 5.41) is 3.70. The molecule has 1 aliphatic heterocycles. The number of para-hydroxylation sites is 1. The van der Waals surface area contributed by atoms with Crippen LogP contribution in [0.15, 0.2) is 29.1 Å². The van der Waals surface area contributed by atoms with Gasteiger partial charge in [-0.3, -0.25) is 14.5 Å². The normalized spacial score (nSPS) is 24.1. The van der Waals surface area contributed by atoms with Gasteiger partial charge in [0.15, 0.2) is 0 Å². The van der Waals surface area contributed by atoms with E-state index in [1.165, 1.54) is 0 Å². The molecule has 2 aromatic rings. The number of aromatic nitrogens is 2. The predicted molar refractivity (Wildman–Crippen MR) is 120 cm³/mol. The quantitative estimate of drug-likeness (QED) is 0.621. The number of hydrogen-bond acceptors (Lipinski definition) is 6. The van der Waals surface area contributed by atoms with Crippen LogP contribution in [0.5, 0.6) is 0 Å². The predicted octanol–water partition coefficient (Wildman–Crippen LogP) is 1.21. The molecule has 1 aliphatic carbocycles. The lowest BCUT2D eigenvalue weighted by atomic mass is 10.0. The molecule has 1 saturated heterocycles. The van der Waals surface area contributed by atoms with E-state index in [1.54, 1.807) is 6.07 Å². The molecule has 4 rings (SSSR count). The van der Waals surface area contributed by atoms with E-state index in [1.807, 2.05) is 18.2 Å². The minimum atomic E-state index is -0.514. The number of nitrogens with one attached hydrogen (secondary N) is 2. The second-order valence-electron chi connectivity index (χ2n) is 7.67. The number of amides is 1. The molecule has 2 fully saturated rings. The summed E-state index contributed by atoms with van der Waals surface area (Å²) < 4.78 is 5.70. The molecular formula is C20H29Cl2N5O3. The van der Waals surface area contributed by atoms with Crippen LogP contribution in [0.2, 0.25) is 0 Å². The highest BCUT2D eigenvalue weighted by Gasteiger charge is 2.32. The third-order valence-corrected chi connectivity index (χ3v) is 5.77. The van der Waals surface area contributed by atoms with Gasteiger partial charge in [-0.25, -0.2) is 4.98 Å². The van der Waals surface area contributed by atoms with Gasteiger partial charge in [-0.2, -0.15) is 0 Å². The number of fused-ring (bicyclic) bond motifs is 1. The number of carbonyl (C=O) groups is 1. The number of benzene rings is 1. The van der Waals surface area contributed by atoms with Crippen molar-refractivity contribution in [2.24, 2.45) is 11.7 Å². The number of rotatable bonds is 5. The van der Waals surface area contributed by atoms with Gasteiger partial charge in [-0.15, -0.1) is 24.8 Å². The van der Waals surface area contributed by atoms with Gasteiger partial charge in [0, 0.05) is 19.1 Å². The Morgan fingerprint density at radius 3 is 2.90 bits per heavy atom. The molecule has 1 aromatic carbocycles. The molecule has 8 nitrogen and oxygen atoms in total. The maximum atomic E-state index is 12.7. The van der Waals surface area contributed by atoms with Crippen molar-refractivity contribution in [3.63, 3.8) is 0 Å². The lowest BCUT2D eigenvalue weighted by Crippen LogP contribution is -2.52. The zero-order valence-electron chi connectivity index (χ0n) is 16.7. The molecule has 1 aromatic heterocycles. The summed E-state index contributed by atoms with van der Waals surface area (Å²) in [6.07, 6.45) is 2.64. The largest absolute Gasteiger partial charge is 0.366 e. The van der Waals surface area contributed by atoms with Crippen LogP contribution in [0.1, 0.15) is 25.1 Å². The number of nitrogens with two attached hydrogens (primary N) is 1. The Balaban J connectivity index is 0.00000160. The number of nitrogens with zero attached hydrogens (tertiary/aromatic N) is 2. The highest BCUT2D eigenvalue weighted by molar-refractivity contribution is 5.85. The van der Waals surface area contributed by atoms with Crippen LogP contribution in [0.4, 0.5) is 0 Å². The van der Waals surface area contributed by atoms with Gasteiger partial charge in [0.05, 0.1) is 24.1 Å². The van der Waals surface area contributed by atoms with Crippen LogP contribution in [0.3, 0.4) is 0 Å². The first kappa shape index (κ1) is 24.6. The summed E-state index contributed by atoms with van der Waals surface area (Å²) in [5.41, 5.74) is 6.35. The highest BCUT2D eigenvalue weighted by Crippen LogP contribution is 2.25. The van der Waals surface area contributed by atoms with Gasteiger partial charge < -0.3 is 20.8 Å². The molecule has 2 heterocycles. The minimum Gasteiger partial charge on any atom is -0.366 e. The first-order valence-corrected chi connectivity index (χ1v) is 9.96. The van der Waals surface area contributed by atoms with Crippen LogP contribution in [0.25, 0.3) is 10.9 Å². The molecule has 30 heavy (non-hydrogen) atoms. The van der Waals surface area contributed by atoms with E-state index in [9.17, 15) is 9.59 Å². The van der Waals surface area contributed by atoms with Gasteiger partial charge in [0.2, 0.25) is 0 Å². The lowest BCUT2D eigenvalue weighted by Gasteiger charge is -2.32. The van der Waals surface area contributed by atoms with Gasteiger partial charge >= 0.3 is 0 Å². The summed E-state index contributed by atoms with van der Waals surface area (Å²) in [7, 11) is 0. The summed E-state index contributed by atoms with van der Waals surface area (Å²) in [4.78, 5) is 34.4. The Morgan fingerprint density at radius 2 is 2.10 bits per heavy atom. The molecule has 2 aliphatic rings. The molecule has 4 N–H and O–H groups in total. The fourth-order valence-corrected chi connectivity index (χ4v) is 4.21. The standard InChI is InChI=1S/C20H27N5O3.2ClH/c21-10-13-4-3-7-15(13)23-20(27)17-11-25(8-9-28-17)12-18-22-16-6-2-1-5-14(16)19(26)24-18;;/h1-2,5-6,13,15,17H,3-4,7-12,21H2,(H,23,27)(H,22,24,26);2*1H. The van der Waals surface area contributed by atoms with E-state index in [0.717, 1.165) is 19.3 Å².